The Morgan fingerprint density at radius 3 is 2.63 bits per heavy atom. The van der Waals surface area contributed by atoms with Crippen LogP contribution in [0.15, 0.2) is 12.1 Å². The fourth-order valence-corrected chi connectivity index (χ4v) is 3.16. The average molecular weight is 263 g/mol. The van der Waals surface area contributed by atoms with E-state index < -0.39 is 11.6 Å². The largest absolute Gasteiger partial charge is 0.365 e. The van der Waals surface area contributed by atoms with Crippen LogP contribution < -0.4 is 10.2 Å². The van der Waals surface area contributed by atoms with Crippen molar-refractivity contribution in [2.45, 2.75) is 18.9 Å². The Morgan fingerprint density at radius 1 is 1.26 bits per heavy atom. The second-order valence-corrected chi connectivity index (χ2v) is 5.27. The average Bonchev–Trinajstić information content (AvgIpc) is 2.80. The second-order valence-electron chi connectivity index (χ2n) is 5.27. The van der Waals surface area contributed by atoms with E-state index in [2.05, 4.69) is 5.32 Å². The lowest BCUT2D eigenvalue weighted by molar-refractivity contribution is 0.340. The molecule has 0 bridgehead atoms. The predicted molar refractivity (Wildman–Crippen MR) is 67.8 cm³/mol. The monoisotopic (exact) mass is 263 g/mol. The Balaban J connectivity index is 1.89. The van der Waals surface area contributed by atoms with Crippen LogP contribution in [0.3, 0.4) is 0 Å². The zero-order valence-electron chi connectivity index (χ0n) is 10.5. The maximum atomic E-state index is 14.0. The van der Waals surface area contributed by atoms with Gasteiger partial charge in [-0.1, -0.05) is 0 Å². The van der Waals surface area contributed by atoms with Crippen molar-refractivity contribution in [3.63, 3.8) is 0 Å². The highest BCUT2D eigenvalue weighted by Crippen LogP contribution is 2.32. The van der Waals surface area contributed by atoms with Gasteiger partial charge in [-0.25, -0.2) is 8.78 Å². The molecule has 2 aliphatic rings. The molecule has 2 fully saturated rings. The van der Waals surface area contributed by atoms with Crippen LogP contribution in [-0.4, -0.2) is 25.7 Å². The molecule has 3 rings (SSSR count). The number of piperidine rings is 1. The van der Waals surface area contributed by atoms with Gasteiger partial charge in [0.05, 0.1) is 11.6 Å². The highest BCUT2D eigenvalue weighted by Gasteiger charge is 2.36. The van der Waals surface area contributed by atoms with E-state index in [1.54, 1.807) is 11.0 Å². The van der Waals surface area contributed by atoms with Crippen molar-refractivity contribution in [3.05, 3.63) is 29.3 Å². The summed E-state index contributed by atoms with van der Waals surface area (Å²) in [5.74, 6) is -0.825. The molecule has 0 radical (unpaired) electrons. The summed E-state index contributed by atoms with van der Waals surface area (Å²) in [4.78, 5) is 1.76. The van der Waals surface area contributed by atoms with E-state index in [1.165, 1.54) is 0 Å². The van der Waals surface area contributed by atoms with Gasteiger partial charge in [0.15, 0.2) is 11.6 Å². The lowest BCUT2D eigenvalue weighted by Crippen LogP contribution is -2.40. The van der Waals surface area contributed by atoms with Gasteiger partial charge >= 0.3 is 0 Å². The van der Waals surface area contributed by atoms with Crippen molar-refractivity contribution in [2.24, 2.45) is 5.92 Å². The third-order valence-corrected chi connectivity index (χ3v) is 4.06. The summed E-state index contributed by atoms with van der Waals surface area (Å²) < 4.78 is 27.9. The quantitative estimate of drug-likeness (QED) is 0.842. The maximum Gasteiger partial charge on any atom is 0.150 e. The first kappa shape index (κ1) is 12.4. The van der Waals surface area contributed by atoms with Crippen molar-refractivity contribution in [1.82, 2.24) is 5.32 Å². The fourth-order valence-electron chi connectivity index (χ4n) is 3.16. The van der Waals surface area contributed by atoms with Gasteiger partial charge in [0, 0.05) is 19.1 Å². The Morgan fingerprint density at radius 2 is 2.00 bits per heavy atom. The van der Waals surface area contributed by atoms with E-state index in [9.17, 15) is 8.78 Å². The van der Waals surface area contributed by atoms with Gasteiger partial charge in [0.25, 0.3) is 0 Å². The first-order chi connectivity index (χ1) is 9.19. The van der Waals surface area contributed by atoms with Crippen LogP contribution in [0.1, 0.15) is 18.4 Å². The van der Waals surface area contributed by atoms with Crippen LogP contribution in [0.2, 0.25) is 0 Å². The van der Waals surface area contributed by atoms with Gasteiger partial charge in [0.1, 0.15) is 5.69 Å². The van der Waals surface area contributed by atoms with Gasteiger partial charge in [-0.05, 0) is 37.4 Å². The Kier molecular flexibility index (Phi) is 3.11. The number of nitriles is 1. The van der Waals surface area contributed by atoms with Crippen LogP contribution in [0.4, 0.5) is 14.5 Å². The maximum absolute atomic E-state index is 14.0. The van der Waals surface area contributed by atoms with E-state index in [1.807, 2.05) is 0 Å². The van der Waals surface area contributed by atoms with E-state index in [-0.39, 0.29) is 11.3 Å². The lowest BCUT2D eigenvalue weighted by atomic mass is 9.94. The van der Waals surface area contributed by atoms with Crippen molar-refractivity contribution in [1.29, 1.82) is 5.26 Å². The highest BCUT2D eigenvalue weighted by atomic mass is 19.1. The van der Waals surface area contributed by atoms with Crippen LogP contribution >= 0.6 is 0 Å². The summed E-state index contributed by atoms with van der Waals surface area (Å²) in [5, 5.41) is 12.1. The van der Waals surface area contributed by atoms with Gasteiger partial charge in [-0.2, -0.15) is 5.26 Å². The molecule has 100 valence electrons. The molecule has 1 aromatic carbocycles. The molecule has 0 spiro atoms. The third kappa shape index (κ3) is 2.17. The molecule has 19 heavy (non-hydrogen) atoms. The molecule has 2 unspecified atom stereocenters. The topological polar surface area (TPSA) is 39.1 Å². The second kappa shape index (κ2) is 4.78. The van der Waals surface area contributed by atoms with Crippen LogP contribution in [0.5, 0.6) is 0 Å². The minimum atomic E-state index is -0.643. The number of hydrogen-bond donors (Lipinski definition) is 1. The molecule has 0 aromatic heterocycles. The summed E-state index contributed by atoms with van der Waals surface area (Å²) in [6, 6.07) is 4.30. The molecular weight excluding hydrogens is 248 g/mol. The number of rotatable bonds is 1. The summed E-state index contributed by atoms with van der Waals surface area (Å²) in [6.45, 7) is 2.29. The molecule has 3 nitrogen and oxygen atoms in total. The van der Waals surface area contributed by atoms with E-state index in [4.69, 9.17) is 5.26 Å². The van der Waals surface area contributed by atoms with E-state index in [0.717, 1.165) is 31.5 Å². The van der Waals surface area contributed by atoms with Crippen molar-refractivity contribution in [2.75, 3.05) is 24.5 Å². The highest BCUT2D eigenvalue weighted by molar-refractivity contribution is 5.53. The minimum Gasteiger partial charge on any atom is -0.365 e. The number of nitrogens with one attached hydrogen (secondary N) is 1. The first-order valence-corrected chi connectivity index (χ1v) is 6.56. The van der Waals surface area contributed by atoms with Crippen LogP contribution in [0.25, 0.3) is 0 Å². The number of hydrogen-bond acceptors (Lipinski definition) is 3. The molecule has 2 atom stereocenters. The standard InChI is InChI=1S/C14H15F2N3/c15-11-4-9(6-17)5-12(16)14(11)19-7-10-2-1-3-18-13(10)8-19/h4-5,10,13,18H,1-3,7-8H2. The molecular formula is C14H15F2N3. The van der Waals surface area contributed by atoms with Crippen LogP contribution in [-0.2, 0) is 0 Å². The lowest BCUT2D eigenvalue weighted by Gasteiger charge is -2.24. The summed E-state index contributed by atoms with van der Waals surface area (Å²) in [7, 11) is 0. The number of fused-ring (bicyclic) bond motifs is 1. The van der Waals surface area contributed by atoms with Gasteiger partial charge < -0.3 is 10.2 Å². The van der Waals surface area contributed by atoms with E-state index in [0.29, 0.717) is 25.0 Å². The van der Waals surface area contributed by atoms with Gasteiger partial charge in [-0.15, -0.1) is 0 Å². The smallest absolute Gasteiger partial charge is 0.150 e. The third-order valence-electron chi connectivity index (χ3n) is 4.06. The molecule has 0 amide bonds. The first-order valence-electron chi connectivity index (χ1n) is 6.56. The Hall–Kier alpha value is -1.67. The van der Waals surface area contributed by atoms with Crippen molar-refractivity contribution < 1.29 is 8.78 Å². The minimum absolute atomic E-state index is 0.00944. The molecule has 5 heteroatoms. The van der Waals surface area contributed by atoms with Crippen LogP contribution in [0, 0.1) is 28.9 Å². The van der Waals surface area contributed by atoms with Gasteiger partial charge in [0.2, 0.25) is 0 Å². The molecule has 2 heterocycles. The molecule has 2 saturated heterocycles. The molecule has 1 N–H and O–H groups in total. The zero-order chi connectivity index (χ0) is 13.4. The Labute approximate surface area is 110 Å². The van der Waals surface area contributed by atoms with Gasteiger partial charge in [-0.3, -0.25) is 0 Å². The fraction of sp³-hybridized carbons (Fsp3) is 0.500. The number of benzene rings is 1. The molecule has 2 aliphatic heterocycles. The summed E-state index contributed by atoms with van der Waals surface area (Å²) >= 11 is 0. The van der Waals surface area contributed by atoms with E-state index >= 15 is 0 Å². The Bertz CT molecular complexity index is 501. The predicted octanol–water partition coefficient (Wildman–Crippen LogP) is 2.02. The normalized spacial score (nSPS) is 26.1. The zero-order valence-corrected chi connectivity index (χ0v) is 10.5. The molecule has 0 aliphatic carbocycles. The molecule has 0 saturated carbocycles. The number of nitrogens with zero attached hydrogens (tertiary/aromatic N) is 2. The SMILES string of the molecule is N#Cc1cc(F)c(N2CC3CCCNC3C2)c(F)c1. The number of halogens is 2. The van der Waals surface area contributed by atoms with Crippen molar-refractivity contribution in [3.8, 4) is 6.07 Å². The molecule has 1 aromatic rings. The number of anilines is 1. The van der Waals surface area contributed by atoms with Crippen molar-refractivity contribution >= 4 is 5.69 Å². The summed E-state index contributed by atoms with van der Waals surface area (Å²) in [5.41, 5.74) is 0.0312. The summed E-state index contributed by atoms with van der Waals surface area (Å²) in [6.07, 6.45) is 2.22.